The number of halogens is 3. The number of aromatic nitrogens is 4. The van der Waals surface area contributed by atoms with Gasteiger partial charge in [0.05, 0.1) is 29.6 Å². The van der Waals surface area contributed by atoms with Crippen LogP contribution in [0.15, 0.2) is 54.9 Å². The number of hydrogen-bond acceptors (Lipinski definition) is 5. The highest BCUT2D eigenvalue weighted by atomic mass is 35.5. The van der Waals surface area contributed by atoms with E-state index in [4.69, 9.17) is 23.2 Å². The summed E-state index contributed by atoms with van der Waals surface area (Å²) in [4.78, 5) is 33.2. The summed E-state index contributed by atoms with van der Waals surface area (Å²) in [6.45, 7) is 1.68. The molecule has 0 spiro atoms. The molecule has 178 valence electrons. The number of rotatable bonds is 6. The van der Waals surface area contributed by atoms with E-state index in [1.54, 1.807) is 23.7 Å². The molecule has 2 heterocycles. The van der Waals surface area contributed by atoms with Crippen LogP contribution in [0, 0.1) is 5.82 Å². The SMILES string of the molecule is C[C@@H](NC(=O)C1(NC(=O)c2cncc(Cl)n2)CC1)c1ccc(-n2nc(Cl)c3ccccc32)cc1F. The summed E-state index contributed by atoms with van der Waals surface area (Å²) in [5.41, 5.74) is 0.490. The van der Waals surface area contributed by atoms with E-state index in [9.17, 15) is 9.59 Å². The van der Waals surface area contributed by atoms with Crippen molar-refractivity contribution < 1.29 is 14.0 Å². The molecule has 2 aromatic carbocycles. The maximum absolute atomic E-state index is 15.1. The molecular formula is C24H19Cl2FN6O2. The molecule has 2 amide bonds. The lowest BCUT2D eigenvalue weighted by Gasteiger charge is -2.21. The maximum atomic E-state index is 15.1. The van der Waals surface area contributed by atoms with Gasteiger partial charge in [-0.1, -0.05) is 41.4 Å². The van der Waals surface area contributed by atoms with Gasteiger partial charge in [-0.3, -0.25) is 14.6 Å². The number of carbonyl (C=O) groups is 2. The number of carbonyl (C=O) groups excluding carboxylic acids is 2. The fourth-order valence-corrected chi connectivity index (χ4v) is 4.29. The van der Waals surface area contributed by atoms with E-state index in [1.807, 2.05) is 24.3 Å². The number of hydrogen-bond donors (Lipinski definition) is 2. The van der Waals surface area contributed by atoms with Gasteiger partial charge in [-0.05, 0) is 44.0 Å². The van der Waals surface area contributed by atoms with E-state index in [2.05, 4.69) is 25.7 Å². The molecule has 35 heavy (non-hydrogen) atoms. The minimum Gasteiger partial charge on any atom is -0.347 e. The topological polar surface area (TPSA) is 102 Å². The summed E-state index contributed by atoms with van der Waals surface area (Å²) in [6.07, 6.45) is 3.49. The minimum absolute atomic E-state index is 0.0116. The summed E-state index contributed by atoms with van der Waals surface area (Å²) in [5.74, 6) is -1.46. The van der Waals surface area contributed by atoms with Crippen LogP contribution in [0.3, 0.4) is 0 Å². The predicted molar refractivity (Wildman–Crippen MR) is 129 cm³/mol. The van der Waals surface area contributed by atoms with E-state index >= 15 is 4.39 Å². The average Bonchev–Trinajstić information content (AvgIpc) is 3.55. The molecule has 0 bridgehead atoms. The van der Waals surface area contributed by atoms with Gasteiger partial charge in [-0.2, -0.15) is 5.10 Å². The monoisotopic (exact) mass is 512 g/mol. The second-order valence-electron chi connectivity index (χ2n) is 8.38. The zero-order valence-corrected chi connectivity index (χ0v) is 19.9. The Morgan fingerprint density at radius 2 is 1.91 bits per heavy atom. The van der Waals surface area contributed by atoms with Crippen LogP contribution < -0.4 is 10.6 Å². The summed E-state index contributed by atoms with van der Waals surface area (Å²) in [5, 5.41) is 11.0. The Morgan fingerprint density at radius 1 is 1.14 bits per heavy atom. The zero-order chi connectivity index (χ0) is 24.7. The molecule has 0 aliphatic heterocycles. The summed E-state index contributed by atoms with van der Waals surface area (Å²) in [6, 6.07) is 11.4. The smallest absolute Gasteiger partial charge is 0.272 e. The molecule has 0 saturated heterocycles. The molecule has 2 aromatic heterocycles. The van der Waals surface area contributed by atoms with Crippen molar-refractivity contribution in [1.29, 1.82) is 0 Å². The molecule has 0 unspecified atom stereocenters. The van der Waals surface area contributed by atoms with Crippen molar-refractivity contribution in [2.75, 3.05) is 0 Å². The molecule has 1 aliphatic carbocycles. The number of fused-ring (bicyclic) bond motifs is 1. The van der Waals surface area contributed by atoms with E-state index in [1.165, 1.54) is 18.5 Å². The number of benzene rings is 2. The molecule has 1 aliphatic rings. The lowest BCUT2D eigenvalue weighted by Crippen LogP contribution is -2.49. The van der Waals surface area contributed by atoms with Crippen molar-refractivity contribution in [3.05, 3.63) is 82.2 Å². The number of nitrogens with one attached hydrogen (secondary N) is 2. The Morgan fingerprint density at radius 3 is 2.63 bits per heavy atom. The Balaban J connectivity index is 1.31. The molecule has 4 aromatic rings. The zero-order valence-electron chi connectivity index (χ0n) is 18.4. The Bertz CT molecular complexity index is 1470. The quantitative estimate of drug-likeness (QED) is 0.398. The molecule has 1 saturated carbocycles. The van der Waals surface area contributed by atoms with Gasteiger partial charge in [0, 0.05) is 10.9 Å². The van der Waals surface area contributed by atoms with Crippen LogP contribution in [0.1, 0.15) is 41.9 Å². The first-order valence-corrected chi connectivity index (χ1v) is 11.6. The molecule has 1 atom stereocenters. The van der Waals surface area contributed by atoms with Crippen LogP contribution in [-0.2, 0) is 4.79 Å². The third-order valence-corrected chi connectivity index (χ3v) is 6.42. The van der Waals surface area contributed by atoms with E-state index in [0.29, 0.717) is 29.2 Å². The van der Waals surface area contributed by atoms with Gasteiger partial charge in [0.15, 0.2) is 5.15 Å². The van der Waals surface area contributed by atoms with Crippen molar-refractivity contribution in [2.45, 2.75) is 31.3 Å². The first-order chi connectivity index (χ1) is 16.8. The fourth-order valence-electron chi connectivity index (χ4n) is 3.90. The van der Waals surface area contributed by atoms with Gasteiger partial charge in [0.1, 0.15) is 22.2 Å². The average molecular weight is 513 g/mol. The second-order valence-corrected chi connectivity index (χ2v) is 9.13. The van der Waals surface area contributed by atoms with Crippen molar-refractivity contribution >= 4 is 45.9 Å². The highest BCUT2D eigenvalue weighted by Crippen LogP contribution is 2.37. The predicted octanol–water partition coefficient (Wildman–Crippen LogP) is 4.40. The van der Waals surface area contributed by atoms with Gasteiger partial charge in [0.25, 0.3) is 5.91 Å². The van der Waals surface area contributed by atoms with Crippen molar-refractivity contribution in [2.24, 2.45) is 0 Å². The van der Waals surface area contributed by atoms with E-state index < -0.39 is 29.2 Å². The summed E-state index contributed by atoms with van der Waals surface area (Å²) >= 11 is 12.0. The lowest BCUT2D eigenvalue weighted by atomic mass is 10.1. The molecule has 8 nitrogen and oxygen atoms in total. The van der Waals surface area contributed by atoms with Crippen LogP contribution in [-0.4, -0.2) is 37.1 Å². The minimum atomic E-state index is -1.07. The largest absolute Gasteiger partial charge is 0.347 e. The van der Waals surface area contributed by atoms with Gasteiger partial charge in [-0.15, -0.1) is 0 Å². The maximum Gasteiger partial charge on any atom is 0.272 e. The molecule has 1 fully saturated rings. The third kappa shape index (κ3) is 4.44. The van der Waals surface area contributed by atoms with Gasteiger partial charge in [0.2, 0.25) is 5.91 Å². The first-order valence-electron chi connectivity index (χ1n) is 10.8. The molecule has 2 N–H and O–H groups in total. The molecule has 5 rings (SSSR count). The van der Waals surface area contributed by atoms with Crippen LogP contribution in [0.25, 0.3) is 16.6 Å². The van der Waals surface area contributed by atoms with E-state index in [0.717, 1.165) is 10.9 Å². The van der Waals surface area contributed by atoms with Crippen molar-refractivity contribution in [3.8, 4) is 5.69 Å². The van der Waals surface area contributed by atoms with Crippen molar-refractivity contribution in [3.63, 3.8) is 0 Å². The van der Waals surface area contributed by atoms with Gasteiger partial charge in [-0.25, -0.2) is 14.1 Å². The van der Waals surface area contributed by atoms with Crippen LogP contribution >= 0.6 is 23.2 Å². The standard InChI is InChI=1S/C24H19Cl2FN6O2/c1-13(29-23(35)24(8-9-24)31-22(34)18-11-28-12-20(25)30-18)15-7-6-14(10-17(15)27)33-19-5-3-2-4-16(19)21(26)32-33/h2-7,10-13H,8-9H2,1H3,(H,29,35)(H,31,34)/t13-/m1/s1. The highest BCUT2D eigenvalue weighted by molar-refractivity contribution is 6.34. The third-order valence-electron chi connectivity index (χ3n) is 5.96. The highest BCUT2D eigenvalue weighted by Gasteiger charge is 2.51. The van der Waals surface area contributed by atoms with Gasteiger partial charge < -0.3 is 10.6 Å². The van der Waals surface area contributed by atoms with Gasteiger partial charge >= 0.3 is 0 Å². The van der Waals surface area contributed by atoms with E-state index in [-0.39, 0.29) is 10.8 Å². The molecule has 11 heteroatoms. The normalized spacial score (nSPS) is 15.0. The fraction of sp³-hybridized carbons (Fsp3) is 0.208. The Kier molecular flexibility index (Phi) is 5.90. The summed E-state index contributed by atoms with van der Waals surface area (Å²) in [7, 11) is 0. The Labute approximate surface area is 209 Å². The first kappa shape index (κ1) is 23.2. The lowest BCUT2D eigenvalue weighted by molar-refractivity contribution is -0.124. The summed E-state index contributed by atoms with van der Waals surface area (Å²) < 4.78 is 16.7. The number of amides is 2. The van der Waals surface area contributed by atoms with Crippen LogP contribution in [0.2, 0.25) is 10.3 Å². The Hall–Kier alpha value is -3.56. The van der Waals surface area contributed by atoms with Crippen LogP contribution in [0.5, 0.6) is 0 Å². The van der Waals surface area contributed by atoms with Crippen LogP contribution in [0.4, 0.5) is 4.39 Å². The number of nitrogens with zero attached hydrogens (tertiary/aromatic N) is 4. The molecular weight excluding hydrogens is 494 g/mol. The van der Waals surface area contributed by atoms with Crippen molar-refractivity contribution in [1.82, 2.24) is 30.4 Å². The number of para-hydroxylation sites is 1. The molecule has 0 radical (unpaired) electrons. The second kappa shape index (κ2) is 8.90.